The van der Waals surface area contributed by atoms with Gasteiger partial charge in [-0.3, -0.25) is 0 Å². The number of fused-ring (bicyclic) bond motifs is 6. The van der Waals surface area contributed by atoms with Crippen molar-refractivity contribution >= 4 is 56.8 Å². The van der Waals surface area contributed by atoms with Crippen LogP contribution in [0.15, 0.2) is 72.8 Å². The molecule has 3 aliphatic rings. The van der Waals surface area contributed by atoms with Gasteiger partial charge in [0.1, 0.15) is 52.6 Å². The lowest BCUT2D eigenvalue weighted by molar-refractivity contribution is -0.346. The molecule has 4 aromatic rings. The zero-order chi connectivity index (χ0) is 31.9. The average molecular weight is 621 g/mol. The quantitative estimate of drug-likeness (QED) is 0.180. The summed E-state index contributed by atoms with van der Waals surface area (Å²) in [6.45, 7) is 5.34. The highest BCUT2D eigenvalue weighted by molar-refractivity contribution is 6.55. The Kier molecular flexibility index (Phi) is 6.26. The van der Waals surface area contributed by atoms with Gasteiger partial charge in [-0.1, -0.05) is 53.1 Å². The van der Waals surface area contributed by atoms with Crippen molar-refractivity contribution in [1.82, 2.24) is 0 Å². The van der Waals surface area contributed by atoms with Crippen molar-refractivity contribution in [1.29, 1.82) is 0 Å². The topological polar surface area (TPSA) is 36.7 Å². The maximum Gasteiger partial charge on any atom is 0.834 e. The summed E-state index contributed by atoms with van der Waals surface area (Å²) in [6, 6.07) is 18.3. The van der Waals surface area contributed by atoms with Crippen LogP contribution in [0.25, 0.3) is 0 Å². The monoisotopic (exact) mass is 621 g/mol. The van der Waals surface area contributed by atoms with Crippen LogP contribution in [0.4, 0.5) is 43.0 Å². The van der Waals surface area contributed by atoms with Crippen molar-refractivity contribution in [3.05, 3.63) is 106 Å². The summed E-state index contributed by atoms with van der Waals surface area (Å²) in [4.78, 5) is 0. The molecule has 228 valence electrons. The first kappa shape index (κ1) is 28.8. The van der Waals surface area contributed by atoms with Gasteiger partial charge >= 0.3 is 21.1 Å². The Morgan fingerprint density at radius 1 is 0.400 bits per heavy atom. The summed E-state index contributed by atoms with van der Waals surface area (Å²) >= 11 is 0. The zero-order valence-electron chi connectivity index (χ0n) is 24.2. The zero-order valence-corrected chi connectivity index (χ0v) is 24.2. The second kappa shape index (κ2) is 9.78. The molecule has 45 heavy (non-hydrogen) atoms. The first-order valence-electron chi connectivity index (χ1n) is 14.2. The van der Waals surface area contributed by atoms with Crippen LogP contribution in [0.3, 0.4) is 0 Å². The molecule has 0 saturated heterocycles. The molecule has 0 N–H and O–H groups in total. The lowest BCUT2D eigenvalue weighted by Crippen LogP contribution is -2.51. The molecule has 6 nitrogen and oxygen atoms in total. The van der Waals surface area contributed by atoms with Crippen LogP contribution < -0.4 is 14.0 Å². The van der Waals surface area contributed by atoms with Gasteiger partial charge in [0.2, 0.25) is 0 Å². The minimum Gasteiger partial charge on any atom is -0.598 e. The number of rotatable bonds is 3. The summed E-state index contributed by atoms with van der Waals surface area (Å²) in [5.41, 5.74) is 1.66. The minimum atomic E-state index is -4.85. The fourth-order valence-corrected chi connectivity index (χ4v) is 5.65. The van der Waals surface area contributed by atoms with Crippen LogP contribution in [0, 0.1) is 20.8 Å². The number of nitrogens with zero attached hydrogens (tertiary/aromatic N) is 3. The molecule has 0 aliphatic carbocycles. The summed E-state index contributed by atoms with van der Waals surface area (Å²) in [5.74, 6) is -1.86. The van der Waals surface area contributed by atoms with E-state index >= 15 is 25.9 Å². The second-order valence-electron chi connectivity index (χ2n) is 11.4. The van der Waals surface area contributed by atoms with Crippen LogP contribution in [-0.2, 0) is 0 Å². The Hall–Kier alpha value is -4.94. The van der Waals surface area contributed by atoms with E-state index in [0.29, 0.717) is 13.5 Å². The SMILES string of the molecule is Cc1ccc([N+]2=Cc3c(c4c(c5c3O[B-](F)(F)[N+](c3ccc(C)cc3)=C5)O[B-](F)(F)[N+](c3ccc(C)cc3)=C4)O[B-]2(F)F)cc1. The molecule has 0 atom stereocenters. The lowest BCUT2D eigenvalue weighted by atomic mass is 9.88. The number of aryl methyl sites for hydroxylation is 3. The molecule has 15 heteroatoms. The van der Waals surface area contributed by atoms with E-state index < -0.39 is 38.4 Å². The molecule has 0 saturated carbocycles. The third kappa shape index (κ3) is 4.77. The Labute approximate surface area is 254 Å². The molecule has 0 unspecified atom stereocenters. The highest BCUT2D eigenvalue weighted by Crippen LogP contribution is 2.50. The van der Waals surface area contributed by atoms with Gasteiger partial charge in [-0.25, -0.2) is 0 Å². The van der Waals surface area contributed by atoms with Gasteiger partial charge in [0.25, 0.3) is 0 Å². The Balaban J connectivity index is 1.54. The fourth-order valence-electron chi connectivity index (χ4n) is 5.65. The van der Waals surface area contributed by atoms with E-state index in [0.717, 1.165) is 35.3 Å². The van der Waals surface area contributed by atoms with Crippen LogP contribution >= 0.6 is 0 Å². The molecule has 0 aromatic heterocycles. The van der Waals surface area contributed by atoms with Gasteiger partial charge in [-0.05, 0) is 20.8 Å². The molecule has 3 heterocycles. The van der Waals surface area contributed by atoms with Crippen molar-refractivity contribution in [3.8, 4) is 17.2 Å². The summed E-state index contributed by atoms with van der Waals surface area (Å²) in [5, 5.41) is 0. The Morgan fingerprint density at radius 2 is 0.622 bits per heavy atom. The second-order valence-corrected chi connectivity index (χ2v) is 11.4. The predicted molar refractivity (Wildman–Crippen MR) is 161 cm³/mol. The highest BCUT2D eigenvalue weighted by atomic mass is 19.3. The first-order valence-corrected chi connectivity index (χ1v) is 14.2. The van der Waals surface area contributed by atoms with Gasteiger partial charge in [-0.2, -0.15) is 0 Å². The van der Waals surface area contributed by atoms with Crippen LogP contribution in [0.1, 0.15) is 33.4 Å². The normalized spacial score (nSPS) is 18.5. The molecule has 0 amide bonds. The third-order valence-corrected chi connectivity index (χ3v) is 8.02. The molecular weight excluding hydrogens is 597 g/mol. The Bertz CT molecular complexity index is 1730. The smallest absolute Gasteiger partial charge is 0.598 e. The summed E-state index contributed by atoms with van der Waals surface area (Å²) in [6.07, 6.45) is 2.85. The van der Waals surface area contributed by atoms with Crippen molar-refractivity contribution in [2.24, 2.45) is 0 Å². The number of halogens is 6. The third-order valence-electron chi connectivity index (χ3n) is 8.02. The standard InChI is InChI=1S/C30H24B3F6N3O3/c1-19-4-10-22(11-5-19)40-16-25-28(43-31(40,34)35)26-17-41(23-12-6-20(2)7-13-23)33(38,39)45-30(26)27-18-42(32(36,37)44-29(25)27)24-14-8-21(3)9-15-24/h4-18H,1-3H3. The van der Waals surface area contributed by atoms with Gasteiger partial charge in [-0.15, -0.1) is 0 Å². The number of benzene rings is 4. The maximum atomic E-state index is 15.7. The average Bonchev–Trinajstić information content (AvgIpc) is 2.97. The molecule has 0 radical (unpaired) electrons. The molecule has 3 aliphatic heterocycles. The van der Waals surface area contributed by atoms with Gasteiger partial charge < -0.3 is 53.3 Å². The summed E-state index contributed by atoms with van der Waals surface area (Å²) < 4.78 is 112. The maximum absolute atomic E-state index is 15.7. The fraction of sp³-hybridized carbons (Fsp3) is 0.100. The molecular formula is C30H24B3F6N3O3. The molecule has 7 rings (SSSR count). The van der Waals surface area contributed by atoms with Crippen molar-refractivity contribution < 1.29 is 53.3 Å². The summed E-state index contributed by atoms with van der Waals surface area (Å²) in [7, 11) is -14.6. The minimum absolute atomic E-state index is 0.0254. The predicted octanol–water partition coefficient (Wildman–Crippen LogP) is 7.20. The van der Waals surface area contributed by atoms with E-state index in [4.69, 9.17) is 14.0 Å². The number of hydrogen-bond donors (Lipinski definition) is 0. The van der Waals surface area contributed by atoms with Crippen LogP contribution in [0.2, 0.25) is 0 Å². The molecule has 4 aromatic carbocycles. The van der Waals surface area contributed by atoms with Gasteiger partial charge in [0, 0.05) is 36.4 Å². The van der Waals surface area contributed by atoms with E-state index in [1.807, 2.05) is 0 Å². The molecule has 0 fully saturated rings. The first-order chi connectivity index (χ1) is 21.2. The van der Waals surface area contributed by atoms with Crippen molar-refractivity contribution in [2.75, 3.05) is 0 Å². The van der Waals surface area contributed by atoms with Gasteiger partial charge in [0.05, 0.1) is 0 Å². The van der Waals surface area contributed by atoms with E-state index in [2.05, 4.69) is 0 Å². The number of hydrogen-bond acceptors (Lipinski definition) is 3. The van der Waals surface area contributed by atoms with Crippen molar-refractivity contribution in [3.63, 3.8) is 0 Å². The highest BCUT2D eigenvalue weighted by Gasteiger charge is 2.58. The van der Waals surface area contributed by atoms with Gasteiger partial charge in [0.15, 0.2) is 17.1 Å². The van der Waals surface area contributed by atoms with E-state index in [1.54, 1.807) is 57.2 Å². The molecule has 0 spiro atoms. The van der Waals surface area contributed by atoms with Crippen molar-refractivity contribution in [2.45, 2.75) is 20.8 Å². The van der Waals surface area contributed by atoms with E-state index in [9.17, 15) is 0 Å². The van der Waals surface area contributed by atoms with Crippen LogP contribution in [0.5, 0.6) is 17.2 Å². The Morgan fingerprint density at radius 3 is 0.844 bits per heavy atom. The largest absolute Gasteiger partial charge is 0.834 e. The molecule has 0 bridgehead atoms. The lowest BCUT2D eigenvalue weighted by Gasteiger charge is -2.37. The van der Waals surface area contributed by atoms with Crippen LogP contribution in [-0.4, -0.2) is 53.2 Å². The van der Waals surface area contributed by atoms with E-state index in [1.165, 1.54) is 36.4 Å². The van der Waals surface area contributed by atoms with E-state index in [-0.39, 0.29) is 33.8 Å².